The first kappa shape index (κ1) is 21.4. The minimum atomic E-state index is 0.634. The molecule has 3 aromatic heterocycles. The van der Waals surface area contributed by atoms with E-state index in [1.807, 2.05) is 87.3 Å². The third-order valence-electron chi connectivity index (χ3n) is 5.27. The Morgan fingerprint density at radius 2 is 0.697 bits per heavy atom. The topological polar surface area (TPSA) is 83.0 Å². The number of aromatic nitrogens is 3. The van der Waals surface area contributed by atoms with Crippen molar-refractivity contribution in [1.29, 1.82) is 15.8 Å². The molecule has 0 atom stereocenters. The van der Waals surface area contributed by atoms with Crippen LogP contribution in [0.2, 0.25) is 0 Å². The van der Waals surface area contributed by atoms with Crippen LogP contribution in [0.4, 0.5) is 0 Å². The van der Waals surface area contributed by atoms with Crippen LogP contribution in [-0.4, -0.2) is 0 Å². The molecule has 0 aliphatic heterocycles. The van der Waals surface area contributed by atoms with Crippen molar-refractivity contribution >= 4 is 0 Å². The summed E-state index contributed by atoms with van der Waals surface area (Å²) in [6, 6.07) is 23.9. The Hall–Kier alpha value is -4.86. The van der Waals surface area contributed by atoms with Crippen molar-refractivity contribution in [3.63, 3.8) is 0 Å². The summed E-state index contributed by atoms with van der Waals surface area (Å²) in [5.74, 6) is 0. The normalized spacial score (nSPS) is 10.1. The molecule has 4 rings (SSSR count). The molecule has 156 valence electrons. The lowest BCUT2D eigenvalue weighted by Crippen LogP contribution is -2.36. The summed E-state index contributed by atoms with van der Waals surface area (Å²) in [7, 11) is 0. The lowest BCUT2D eigenvalue weighted by atomic mass is 10.0. The van der Waals surface area contributed by atoms with Gasteiger partial charge in [0.15, 0.2) is 56.8 Å². The van der Waals surface area contributed by atoms with Gasteiger partial charge in [-0.3, -0.25) is 0 Å². The lowest BCUT2D eigenvalue weighted by Gasteiger charge is -2.06. The number of nitriles is 3. The van der Waals surface area contributed by atoms with Crippen molar-refractivity contribution in [2.24, 2.45) is 0 Å². The Morgan fingerprint density at radius 1 is 0.455 bits per heavy atom. The van der Waals surface area contributed by atoms with E-state index in [2.05, 4.69) is 36.4 Å². The smallest absolute Gasteiger partial charge is 0.173 e. The Bertz CT molecular complexity index is 1200. The van der Waals surface area contributed by atoms with Crippen LogP contribution in [0.25, 0.3) is 0 Å². The second-order valence-electron chi connectivity index (χ2n) is 7.77. The zero-order chi connectivity index (χ0) is 23.0. The molecule has 0 bridgehead atoms. The molecular weight excluding hydrogens is 408 g/mol. The van der Waals surface area contributed by atoms with Crippen LogP contribution in [0.15, 0.2) is 91.8 Å². The molecule has 0 N–H and O–H groups in total. The van der Waals surface area contributed by atoms with Crippen LogP contribution < -0.4 is 13.7 Å². The highest BCUT2D eigenvalue weighted by atomic mass is 14.9. The molecule has 33 heavy (non-hydrogen) atoms. The van der Waals surface area contributed by atoms with Crippen LogP contribution in [0.3, 0.4) is 0 Å². The summed E-state index contributed by atoms with van der Waals surface area (Å²) >= 11 is 0. The maximum atomic E-state index is 9.04. The highest BCUT2D eigenvalue weighted by Crippen LogP contribution is 2.11. The van der Waals surface area contributed by atoms with Gasteiger partial charge in [0.1, 0.15) is 0 Å². The number of hydrogen-bond donors (Lipinski definition) is 0. The zero-order valence-corrected chi connectivity index (χ0v) is 18.0. The van der Waals surface area contributed by atoms with Crippen molar-refractivity contribution in [3.8, 4) is 18.2 Å². The molecular formula is C27H21N6+3. The first-order valence-corrected chi connectivity index (χ1v) is 10.4. The summed E-state index contributed by atoms with van der Waals surface area (Å²) < 4.78 is 6.15. The average Bonchev–Trinajstić information content (AvgIpc) is 2.85. The number of hydrogen-bond acceptors (Lipinski definition) is 3. The number of nitrogens with zero attached hydrogens (tertiary/aromatic N) is 6. The average molecular weight is 430 g/mol. The Morgan fingerprint density at radius 3 is 0.909 bits per heavy atom. The highest BCUT2D eigenvalue weighted by Gasteiger charge is 2.12. The molecule has 4 aromatic rings. The van der Waals surface area contributed by atoms with Gasteiger partial charge >= 0.3 is 0 Å². The van der Waals surface area contributed by atoms with Crippen molar-refractivity contribution in [3.05, 3.63) is 125 Å². The summed E-state index contributed by atoms with van der Waals surface area (Å²) in [6.07, 6.45) is 11.5. The maximum absolute atomic E-state index is 9.04. The molecule has 3 heterocycles. The van der Waals surface area contributed by atoms with Crippen molar-refractivity contribution in [2.75, 3.05) is 0 Å². The van der Waals surface area contributed by atoms with E-state index < -0.39 is 0 Å². The first-order valence-electron chi connectivity index (χ1n) is 10.4. The van der Waals surface area contributed by atoms with Gasteiger partial charge in [0.25, 0.3) is 0 Å². The maximum Gasteiger partial charge on any atom is 0.173 e. The van der Waals surface area contributed by atoms with E-state index in [1.165, 1.54) is 0 Å². The number of benzene rings is 1. The van der Waals surface area contributed by atoms with E-state index in [9.17, 15) is 0 Å². The van der Waals surface area contributed by atoms with Crippen molar-refractivity contribution < 1.29 is 13.7 Å². The van der Waals surface area contributed by atoms with Gasteiger partial charge < -0.3 is 0 Å². The largest absolute Gasteiger partial charge is 0.201 e. The molecule has 6 nitrogen and oxygen atoms in total. The fourth-order valence-electron chi connectivity index (χ4n) is 3.66. The van der Waals surface area contributed by atoms with Crippen molar-refractivity contribution in [2.45, 2.75) is 19.6 Å². The van der Waals surface area contributed by atoms with E-state index in [1.54, 1.807) is 0 Å². The quantitative estimate of drug-likeness (QED) is 0.441. The molecule has 1 aromatic carbocycles. The minimum absolute atomic E-state index is 0.634. The molecule has 0 saturated heterocycles. The second-order valence-corrected chi connectivity index (χ2v) is 7.77. The van der Waals surface area contributed by atoms with Gasteiger partial charge in [-0.25, -0.2) is 13.7 Å². The molecule has 0 unspecified atom stereocenters. The predicted octanol–water partition coefficient (Wildman–Crippen LogP) is 2.31. The summed E-state index contributed by atoms with van der Waals surface area (Å²) in [5, 5.41) is 27.1. The van der Waals surface area contributed by atoms with Crippen LogP contribution >= 0.6 is 0 Å². The zero-order valence-electron chi connectivity index (χ0n) is 18.0. The van der Waals surface area contributed by atoms with E-state index in [4.69, 9.17) is 15.8 Å². The SMILES string of the molecule is N#Cc1cc[n+](Cc2cc(C[n+]3ccc(C#N)cc3)cc(C[n+]3ccc(C#N)cc3)c2)cc1. The van der Waals surface area contributed by atoms with Crippen molar-refractivity contribution in [1.82, 2.24) is 0 Å². The van der Waals surface area contributed by atoms with Gasteiger partial charge in [0, 0.05) is 53.1 Å². The minimum Gasteiger partial charge on any atom is -0.201 e. The lowest BCUT2D eigenvalue weighted by molar-refractivity contribution is -0.690. The van der Waals surface area contributed by atoms with Gasteiger partial charge in [-0.15, -0.1) is 0 Å². The van der Waals surface area contributed by atoms with Crippen LogP contribution in [-0.2, 0) is 19.6 Å². The Labute approximate surface area is 192 Å². The summed E-state index contributed by atoms with van der Waals surface area (Å²) in [5.41, 5.74) is 5.36. The van der Waals surface area contributed by atoms with E-state index >= 15 is 0 Å². The van der Waals surface area contributed by atoms with E-state index in [0.717, 1.165) is 16.7 Å². The molecule has 0 aliphatic carbocycles. The number of rotatable bonds is 6. The molecule has 0 amide bonds. The van der Waals surface area contributed by atoms with Crippen LogP contribution in [0.1, 0.15) is 33.4 Å². The Balaban J connectivity index is 1.63. The van der Waals surface area contributed by atoms with E-state index in [0.29, 0.717) is 36.3 Å². The molecule has 0 spiro atoms. The van der Waals surface area contributed by atoms with Gasteiger partial charge in [-0.2, -0.15) is 15.8 Å². The predicted molar refractivity (Wildman–Crippen MR) is 118 cm³/mol. The fourth-order valence-corrected chi connectivity index (χ4v) is 3.66. The van der Waals surface area contributed by atoms with Gasteiger partial charge in [0.2, 0.25) is 0 Å². The van der Waals surface area contributed by atoms with Gasteiger partial charge in [0.05, 0.1) is 34.9 Å². The monoisotopic (exact) mass is 429 g/mol. The summed E-state index contributed by atoms with van der Waals surface area (Å²) in [6.45, 7) is 2.05. The molecule has 0 radical (unpaired) electrons. The fraction of sp³-hybridized carbons (Fsp3) is 0.111. The van der Waals surface area contributed by atoms with Crippen LogP contribution in [0, 0.1) is 34.0 Å². The third kappa shape index (κ3) is 5.64. The molecule has 6 heteroatoms. The third-order valence-corrected chi connectivity index (χ3v) is 5.27. The van der Waals surface area contributed by atoms with Gasteiger partial charge in [-0.1, -0.05) is 0 Å². The Kier molecular flexibility index (Phi) is 6.45. The van der Waals surface area contributed by atoms with E-state index in [-0.39, 0.29) is 0 Å². The van der Waals surface area contributed by atoms with Gasteiger partial charge in [-0.05, 0) is 18.2 Å². The number of pyridine rings is 3. The highest BCUT2D eigenvalue weighted by molar-refractivity contribution is 5.30. The van der Waals surface area contributed by atoms with Crippen LogP contribution in [0.5, 0.6) is 0 Å². The first-order chi connectivity index (χ1) is 16.1. The second kappa shape index (κ2) is 9.96. The standard InChI is InChI=1S/C27H21N6/c28-16-22-1-7-31(8-2-22)19-25-13-26(20-32-9-3-23(17-29)4-10-32)15-27(14-25)21-33-11-5-24(18-30)6-12-33/h1-15H,19-21H2/q+3. The molecule has 0 fully saturated rings. The molecule has 0 saturated carbocycles. The molecule has 0 aliphatic rings. The summed E-state index contributed by atoms with van der Waals surface area (Å²) in [4.78, 5) is 0.